The highest BCUT2D eigenvalue weighted by Crippen LogP contribution is 2.30. The van der Waals surface area contributed by atoms with Crippen LogP contribution in [0.15, 0.2) is 29.2 Å². The highest BCUT2D eigenvalue weighted by Gasteiger charge is 2.46. The number of anilines is 1. The molecule has 1 atom stereocenters. The molecular weight excluding hydrogens is 349 g/mol. The maximum Gasteiger partial charge on any atom is 0.501 e. The number of hydrogen-bond donors (Lipinski definition) is 2. The van der Waals surface area contributed by atoms with Gasteiger partial charge in [0.25, 0.3) is 9.84 Å². The van der Waals surface area contributed by atoms with Crippen LogP contribution >= 0.6 is 12.2 Å². The van der Waals surface area contributed by atoms with Gasteiger partial charge in [-0.15, -0.1) is 0 Å². The van der Waals surface area contributed by atoms with Crippen LogP contribution < -0.4 is 10.6 Å². The number of sulfone groups is 1. The first-order valence-corrected chi connectivity index (χ1v) is 8.63. The third-order valence-electron chi connectivity index (χ3n) is 3.37. The molecule has 23 heavy (non-hydrogen) atoms. The summed E-state index contributed by atoms with van der Waals surface area (Å²) in [6.07, 6.45) is 0. The molecule has 0 aliphatic rings. The zero-order chi connectivity index (χ0) is 18.1. The second-order valence-corrected chi connectivity index (χ2v) is 8.51. The molecule has 0 bridgehead atoms. The number of halogens is 3. The van der Waals surface area contributed by atoms with Crippen molar-refractivity contribution in [1.82, 2.24) is 5.32 Å². The van der Waals surface area contributed by atoms with Gasteiger partial charge in [-0.3, -0.25) is 0 Å². The van der Waals surface area contributed by atoms with Gasteiger partial charge >= 0.3 is 5.51 Å². The fourth-order valence-corrected chi connectivity index (χ4v) is 2.49. The second kappa shape index (κ2) is 6.64. The van der Waals surface area contributed by atoms with Crippen LogP contribution in [0.3, 0.4) is 0 Å². The van der Waals surface area contributed by atoms with E-state index in [1.807, 2.05) is 27.7 Å². The van der Waals surface area contributed by atoms with Gasteiger partial charge in [-0.1, -0.05) is 20.8 Å². The lowest BCUT2D eigenvalue weighted by molar-refractivity contribution is -0.0436. The van der Waals surface area contributed by atoms with Crippen LogP contribution in [0.4, 0.5) is 18.9 Å². The molecule has 0 aliphatic carbocycles. The highest BCUT2D eigenvalue weighted by molar-refractivity contribution is 7.92. The van der Waals surface area contributed by atoms with Crippen LogP contribution in [0, 0.1) is 5.41 Å². The molecule has 0 spiro atoms. The summed E-state index contributed by atoms with van der Waals surface area (Å²) in [5, 5.41) is 6.17. The summed E-state index contributed by atoms with van der Waals surface area (Å²) in [7, 11) is -5.34. The van der Waals surface area contributed by atoms with E-state index >= 15 is 0 Å². The Bertz CT molecular complexity index is 663. The average molecular weight is 368 g/mol. The van der Waals surface area contributed by atoms with Gasteiger partial charge in [0.2, 0.25) is 0 Å². The largest absolute Gasteiger partial charge is 0.501 e. The van der Waals surface area contributed by atoms with Gasteiger partial charge in [-0.2, -0.15) is 13.2 Å². The first-order valence-electron chi connectivity index (χ1n) is 6.74. The molecule has 0 aliphatic heterocycles. The molecule has 0 saturated heterocycles. The molecule has 1 rings (SSSR count). The van der Waals surface area contributed by atoms with E-state index in [-0.39, 0.29) is 11.5 Å². The van der Waals surface area contributed by atoms with Crippen molar-refractivity contribution in [3.05, 3.63) is 24.3 Å². The summed E-state index contributed by atoms with van der Waals surface area (Å²) in [6, 6.07) is 4.30. The molecule has 9 heteroatoms. The third-order valence-corrected chi connectivity index (χ3v) is 5.10. The summed E-state index contributed by atoms with van der Waals surface area (Å²) in [4.78, 5) is -0.808. The molecule has 1 aromatic carbocycles. The van der Waals surface area contributed by atoms with E-state index < -0.39 is 20.2 Å². The number of alkyl halides is 3. The summed E-state index contributed by atoms with van der Waals surface area (Å²) in [5.74, 6) is 0. The number of rotatable bonds is 3. The Morgan fingerprint density at radius 2 is 1.61 bits per heavy atom. The molecule has 0 aromatic heterocycles. The van der Waals surface area contributed by atoms with Crippen LogP contribution in [0.25, 0.3) is 0 Å². The van der Waals surface area contributed by atoms with E-state index in [0.29, 0.717) is 10.8 Å². The predicted octanol–water partition coefficient (Wildman–Crippen LogP) is 3.70. The van der Waals surface area contributed by atoms with Gasteiger partial charge in [-0.25, -0.2) is 8.42 Å². The Hall–Kier alpha value is -1.35. The summed E-state index contributed by atoms with van der Waals surface area (Å²) >= 11 is 5.13. The standard InChI is InChI=1S/C14H19F3N2O2S2/c1-9(13(2,3)4)18-12(22)19-10-5-7-11(8-6-10)23(20,21)14(15,16)17/h5-9H,1-4H3,(H2,18,19,22)/t9-/m1/s1. The SMILES string of the molecule is C[C@@H](NC(=S)Nc1ccc(S(=O)(=O)C(F)(F)F)cc1)C(C)(C)C. The van der Waals surface area contributed by atoms with Crippen molar-refractivity contribution in [3.8, 4) is 0 Å². The molecule has 0 radical (unpaired) electrons. The van der Waals surface area contributed by atoms with Crippen molar-refractivity contribution in [2.24, 2.45) is 5.41 Å². The van der Waals surface area contributed by atoms with Crippen LogP contribution in [-0.2, 0) is 9.84 Å². The Morgan fingerprint density at radius 3 is 2.00 bits per heavy atom. The lowest BCUT2D eigenvalue weighted by atomic mass is 9.88. The van der Waals surface area contributed by atoms with E-state index in [1.165, 1.54) is 12.1 Å². The van der Waals surface area contributed by atoms with Crippen LogP contribution in [0.2, 0.25) is 0 Å². The summed E-state index contributed by atoms with van der Waals surface area (Å²) < 4.78 is 59.9. The van der Waals surface area contributed by atoms with Gasteiger partial charge in [0.05, 0.1) is 4.90 Å². The first-order chi connectivity index (χ1) is 10.2. The molecular formula is C14H19F3N2O2S2. The van der Waals surface area contributed by atoms with E-state index in [9.17, 15) is 21.6 Å². The summed E-state index contributed by atoms with van der Waals surface area (Å²) in [5.41, 5.74) is -4.96. The van der Waals surface area contributed by atoms with E-state index in [1.54, 1.807) is 0 Å². The minimum Gasteiger partial charge on any atom is -0.359 e. The Balaban J connectivity index is 2.81. The predicted molar refractivity (Wildman–Crippen MR) is 88.0 cm³/mol. The van der Waals surface area contributed by atoms with Gasteiger partial charge in [0, 0.05) is 11.7 Å². The van der Waals surface area contributed by atoms with Gasteiger partial charge in [0.1, 0.15) is 0 Å². The fourth-order valence-electron chi connectivity index (χ4n) is 1.43. The quantitative estimate of drug-likeness (QED) is 0.797. The Kier molecular flexibility index (Phi) is 5.69. The lowest BCUT2D eigenvalue weighted by Gasteiger charge is -2.29. The summed E-state index contributed by atoms with van der Waals surface area (Å²) in [6.45, 7) is 8.05. The van der Waals surface area contributed by atoms with Crippen molar-refractivity contribution < 1.29 is 21.6 Å². The fraction of sp³-hybridized carbons (Fsp3) is 0.500. The normalized spacial score (nSPS) is 14.2. The average Bonchev–Trinajstić information content (AvgIpc) is 2.36. The molecule has 0 saturated carbocycles. The highest BCUT2D eigenvalue weighted by atomic mass is 32.2. The van der Waals surface area contributed by atoms with Crippen LogP contribution in [0.1, 0.15) is 27.7 Å². The van der Waals surface area contributed by atoms with Crippen LogP contribution in [-0.4, -0.2) is 25.1 Å². The van der Waals surface area contributed by atoms with Gasteiger partial charge in [-0.05, 0) is 48.8 Å². The minimum absolute atomic E-state index is 0.0314. The number of hydrogen-bond acceptors (Lipinski definition) is 3. The molecule has 4 nitrogen and oxygen atoms in total. The number of nitrogens with one attached hydrogen (secondary N) is 2. The smallest absolute Gasteiger partial charge is 0.359 e. The van der Waals surface area contributed by atoms with Crippen LogP contribution in [0.5, 0.6) is 0 Å². The maximum absolute atomic E-state index is 12.5. The van der Waals surface area contributed by atoms with Crippen molar-refractivity contribution >= 4 is 32.9 Å². The monoisotopic (exact) mass is 368 g/mol. The molecule has 2 N–H and O–H groups in total. The number of thiocarbonyl (C=S) groups is 1. The first kappa shape index (κ1) is 19.7. The topological polar surface area (TPSA) is 58.2 Å². The van der Waals surface area contributed by atoms with E-state index in [2.05, 4.69) is 10.6 Å². The zero-order valence-electron chi connectivity index (χ0n) is 13.2. The van der Waals surface area contributed by atoms with Crippen molar-refractivity contribution in [2.75, 3.05) is 5.32 Å². The third kappa shape index (κ3) is 5.07. The van der Waals surface area contributed by atoms with E-state index in [4.69, 9.17) is 12.2 Å². The minimum atomic E-state index is -5.34. The number of benzene rings is 1. The van der Waals surface area contributed by atoms with Gasteiger partial charge < -0.3 is 10.6 Å². The molecule has 0 amide bonds. The van der Waals surface area contributed by atoms with Gasteiger partial charge in [0.15, 0.2) is 5.11 Å². The maximum atomic E-state index is 12.5. The molecule has 1 aromatic rings. The van der Waals surface area contributed by atoms with Crippen molar-refractivity contribution in [3.63, 3.8) is 0 Å². The van der Waals surface area contributed by atoms with Crippen molar-refractivity contribution in [2.45, 2.75) is 44.1 Å². The van der Waals surface area contributed by atoms with Crippen molar-refractivity contribution in [1.29, 1.82) is 0 Å². The Morgan fingerprint density at radius 1 is 1.13 bits per heavy atom. The lowest BCUT2D eigenvalue weighted by Crippen LogP contribution is -2.43. The Labute approximate surface area is 139 Å². The second-order valence-electron chi connectivity index (χ2n) is 6.16. The molecule has 0 fully saturated rings. The zero-order valence-corrected chi connectivity index (χ0v) is 14.8. The molecule has 0 unspecified atom stereocenters. The molecule has 130 valence electrons. The van der Waals surface area contributed by atoms with E-state index in [0.717, 1.165) is 12.1 Å². The molecule has 0 heterocycles.